The van der Waals surface area contributed by atoms with Gasteiger partial charge in [-0.25, -0.2) is 0 Å². The number of hydrogen-bond donors (Lipinski definition) is 0. The van der Waals surface area contributed by atoms with Crippen LogP contribution >= 0.6 is 0 Å². The van der Waals surface area contributed by atoms with Gasteiger partial charge in [0.2, 0.25) is 11.8 Å². The number of aromatic nitrogens is 2. The van der Waals surface area contributed by atoms with Gasteiger partial charge in [0.05, 0.1) is 0 Å². The highest BCUT2D eigenvalue weighted by atomic mass is 16.4. The first-order valence-electron chi connectivity index (χ1n) is 13.2. The second kappa shape index (κ2) is 11.7. The lowest BCUT2D eigenvalue weighted by Crippen LogP contribution is -2.10. The molecule has 0 bridgehead atoms. The van der Waals surface area contributed by atoms with Crippen LogP contribution < -0.4 is 0 Å². The second-order valence-electron chi connectivity index (χ2n) is 10.4. The van der Waals surface area contributed by atoms with Crippen LogP contribution in [0.15, 0.2) is 144 Å². The zero-order chi connectivity index (χ0) is 27.1. The molecule has 0 aliphatic carbocycles. The van der Waals surface area contributed by atoms with Crippen LogP contribution in [0.5, 0.6) is 0 Å². The van der Waals surface area contributed by atoms with Crippen molar-refractivity contribution >= 4 is 0 Å². The summed E-state index contributed by atoms with van der Waals surface area (Å²) < 4.78 is 5.90. The number of rotatable bonds is 4. The minimum Gasteiger partial charge on any atom is -0.416 e. The van der Waals surface area contributed by atoms with Crippen molar-refractivity contribution in [2.24, 2.45) is 0 Å². The van der Waals surface area contributed by atoms with Crippen molar-refractivity contribution in [3.63, 3.8) is 0 Å². The summed E-state index contributed by atoms with van der Waals surface area (Å²) in [5.74, 6) is 1.07. The van der Waals surface area contributed by atoms with E-state index in [1.807, 2.05) is 54.6 Å². The summed E-state index contributed by atoms with van der Waals surface area (Å²) in [6.45, 7) is 6.60. The Morgan fingerprint density at radius 1 is 0.385 bits per heavy atom. The number of nitrogens with zero attached hydrogens (tertiary/aromatic N) is 2. The Balaban J connectivity index is 0.000000214. The van der Waals surface area contributed by atoms with E-state index in [4.69, 9.17) is 4.42 Å². The van der Waals surface area contributed by atoms with Gasteiger partial charge >= 0.3 is 0 Å². The molecule has 0 atom stereocenters. The third-order valence-corrected chi connectivity index (χ3v) is 6.54. The maximum absolute atomic E-state index is 5.90. The van der Waals surface area contributed by atoms with Gasteiger partial charge in [0.1, 0.15) is 0 Å². The number of hydrogen-bond acceptors (Lipinski definition) is 3. The van der Waals surface area contributed by atoms with E-state index in [2.05, 4.69) is 116 Å². The van der Waals surface area contributed by atoms with Crippen molar-refractivity contribution in [1.82, 2.24) is 10.2 Å². The average Bonchev–Trinajstić information content (AvgIpc) is 3.49. The molecule has 0 N–H and O–H groups in total. The van der Waals surface area contributed by atoms with E-state index in [9.17, 15) is 0 Å². The average molecular weight is 509 g/mol. The summed E-state index contributed by atoms with van der Waals surface area (Å²) in [6.07, 6.45) is 0. The van der Waals surface area contributed by atoms with Gasteiger partial charge in [-0.15, -0.1) is 10.2 Å². The summed E-state index contributed by atoms with van der Waals surface area (Å²) in [5.41, 5.74) is 8.16. The third kappa shape index (κ3) is 6.58. The van der Waals surface area contributed by atoms with E-state index in [1.165, 1.54) is 22.3 Å². The quantitative estimate of drug-likeness (QED) is 0.238. The van der Waals surface area contributed by atoms with Crippen LogP contribution in [0.4, 0.5) is 0 Å². The monoisotopic (exact) mass is 508 g/mol. The molecule has 0 aliphatic heterocycles. The molecule has 192 valence electrons. The third-order valence-electron chi connectivity index (χ3n) is 6.54. The van der Waals surface area contributed by atoms with Gasteiger partial charge in [-0.3, -0.25) is 0 Å². The number of benzene rings is 5. The molecule has 5 aromatic carbocycles. The lowest BCUT2D eigenvalue weighted by atomic mass is 9.87. The van der Waals surface area contributed by atoms with Crippen LogP contribution in [-0.2, 0) is 5.41 Å². The van der Waals surface area contributed by atoms with E-state index in [0.717, 1.165) is 16.7 Å². The molecular formula is C36H32N2O. The van der Waals surface area contributed by atoms with Crippen LogP contribution in [0.2, 0.25) is 0 Å². The van der Waals surface area contributed by atoms with Crippen molar-refractivity contribution < 1.29 is 4.42 Å². The van der Waals surface area contributed by atoms with Crippen LogP contribution in [0.1, 0.15) is 26.3 Å². The van der Waals surface area contributed by atoms with Crippen LogP contribution in [-0.4, -0.2) is 10.2 Å². The largest absolute Gasteiger partial charge is 0.416 e. The molecule has 6 aromatic rings. The van der Waals surface area contributed by atoms with Gasteiger partial charge in [-0.2, -0.15) is 0 Å². The summed E-state index contributed by atoms with van der Waals surface area (Å²) in [5, 5.41) is 8.44. The minimum absolute atomic E-state index is 0.124. The van der Waals surface area contributed by atoms with Crippen LogP contribution in [0.3, 0.4) is 0 Å². The molecule has 0 spiro atoms. The van der Waals surface area contributed by atoms with Crippen molar-refractivity contribution in [2.45, 2.75) is 26.2 Å². The van der Waals surface area contributed by atoms with E-state index >= 15 is 0 Å². The second-order valence-corrected chi connectivity index (χ2v) is 10.4. The first kappa shape index (κ1) is 25.9. The molecule has 1 heterocycles. The van der Waals surface area contributed by atoms with Crippen molar-refractivity contribution in [2.75, 3.05) is 0 Å². The van der Waals surface area contributed by atoms with Gasteiger partial charge in [0.15, 0.2) is 0 Å². The molecule has 0 amide bonds. The summed E-state index contributed by atoms with van der Waals surface area (Å²) >= 11 is 0. The standard InChI is InChI=1S/C24H22N2O.C12H10/c1-24(2,3)21-15-13-20(14-16-21)23-26-25-22(27-23)19-11-9-18(10-12-19)17-7-5-4-6-8-17;1-3-7-11(8-4-1)12-9-5-2-6-10-12/h4-16H,1-3H3;1-10H. The fourth-order valence-electron chi connectivity index (χ4n) is 4.27. The Morgan fingerprint density at radius 2 is 0.692 bits per heavy atom. The lowest BCUT2D eigenvalue weighted by Gasteiger charge is -2.18. The Hall–Kier alpha value is -4.76. The molecule has 6 rings (SSSR count). The lowest BCUT2D eigenvalue weighted by molar-refractivity contribution is 0.582. The van der Waals surface area contributed by atoms with Crippen molar-refractivity contribution in [3.05, 3.63) is 145 Å². The summed E-state index contributed by atoms with van der Waals surface area (Å²) in [7, 11) is 0. The molecule has 0 saturated heterocycles. The highest BCUT2D eigenvalue weighted by molar-refractivity contribution is 5.67. The molecule has 0 aliphatic rings. The molecule has 0 unspecified atom stereocenters. The van der Waals surface area contributed by atoms with E-state index in [-0.39, 0.29) is 5.41 Å². The molecule has 0 fully saturated rings. The van der Waals surface area contributed by atoms with E-state index in [0.29, 0.717) is 11.8 Å². The van der Waals surface area contributed by atoms with Crippen LogP contribution in [0, 0.1) is 0 Å². The topological polar surface area (TPSA) is 38.9 Å². The van der Waals surface area contributed by atoms with Gasteiger partial charge < -0.3 is 4.42 Å². The van der Waals surface area contributed by atoms with Crippen LogP contribution in [0.25, 0.3) is 45.2 Å². The van der Waals surface area contributed by atoms with Gasteiger partial charge in [-0.05, 0) is 57.5 Å². The van der Waals surface area contributed by atoms with Gasteiger partial charge in [-0.1, -0.05) is 136 Å². The van der Waals surface area contributed by atoms with Crippen molar-refractivity contribution in [3.8, 4) is 45.2 Å². The van der Waals surface area contributed by atoms with E-state index < -0.39 is 0 Å². The predicted molar refractivity (Wildman–Crippen MR) is 161 cm³/mol. The Bertz CT molecular complexity index is 1540. The Morgan fingerprint density at radius 3 is 1.05 bits per heavy atom. The maximum atomic E-state index is 5.90. The zero-order valence-corrected chi connectivity index (χ0v) is 22.6. The summed E-state index contributed by atoms with van der Waals surface area (Å²) in [6, 6.07) is 47.6. The highest BCUT2D eigenvalue weighted by Gasteiger charge is 2.15. The molecule has 3 nitrogen and oxygen atoms in total. The molecular weight excluding hydrogens is 476 g/mol. The Labute approximate surface area is 230 Å². The fourth-order valence-corrected chi connectivity index (χ4v) is 4.27. The molecule has 3 heteroatoms. The zero-order valence-electron chi connectivity index (χ0n) is 22.6. The smallest absolute Gasteiger partial charge is 0.248 e. The van der Waals surface area contributed by atoms with Gasteiger partial charge in [0.25, 0.3) is 0 Å². The van der Waals surface area contributed by atoms with E-state index in [1.54, 1.807) is 0 Å². The first-order chi connectivity index (χ1) is 19.0. The predicted octanol–water partition coefficient (Wildman–Crippen LogP) is 9.72. The Kier molecular flexibility index (Phi) is 7.79. The fraction of sp³-hybridized carbons (Fsp3) is 0.111. The first-order valence-corrected chi connectivity index (χ1v) is 13.2. The summed E-state index contributed by atoms with van der Waals surface area (Å²) in [4.78, 5) is 0. The molecule has 39 heavy (non-hydrogen) atoms. The van der Waals surface area contributed by atoms with Gasteiger partial charge in [0, 0.05) is 11.1 Å². The maximum Gasteiger partial charge on any atom is 0.248 e. The van der Waals surface area contributed by atoms with Crippen molar-refractivity contribution in [1.29, 1.82) is 0 Å². The SMILES string of the molecule is CC(C)(C)c1ccc(-c2nnc(-c3ccc(-c4ccccc4)cc3)o2)cc1.c1ccc(-c2ccccc2)cc1. The molecule has 0 radical (unpaired) electrons. The molecule has 0 saturated carbocycles. The highest BCUT2D eigenvalue weighted by Crippen LogP contribution is 2.29. The molecule has 1 aromatic heterocycles. The minimum atomic E-state index is 0.124. The normalized spacial score (nSPS) is 10.9.